The van der Waals surface area contributed by atoms with Crippen LogP contribution in [0.15, 0.2) is 12.7 Å². The van der Waals surface area contributed by atoms with Crippen LogP contribution < -0.4 is 11.5 Å². The molecular weight excluding hydrogens is 206 g/mol. The zero-order valence-corrected chi connectivity index (χ0v) is 9.17. The smallest absolute Gasteiger partial charge is 0.237 e. The molecule has 1 heterocycles. The van der Waals surface area contributed by atoms with E-state index >= 15 is 0 Å². The van der Waals surface area contributed by atoms with Gasteiger partial charge in [-0.2, -0.15) is 5.10 Å². The number of hydrogen-bond acceptors (Lipinski definition) is 4. The molecule has 1 aromatic heterocycles. The Morgan fingerprint density at radius 2 is 2.44 bits per heavy atom. The van der Waals surface area contributed by atoms with Crippen molar-refractivity contribution in [2.45, 2.75) is 37.8 Å². The number of nitrogens with two attached hydrogens (primary N) is 2. The van der Waals surface area contributed by atoms with Crippen molar-refractivity contribution in [3.8, 4) is 0 Å². The second-order valence-corrected chi connectivity index (χ2v) is 4.60. The molecule has 1 fully saturated rings. The molecule has 0 aliphatic heterocycles. The van der Waals surface area contributed by atoms with Gasteiger partial charge in [0.1, 0.15) is 12.7 Å². The summed E-state index contributed by atoms with van der Waals surface area (Å²) in [6, 6.07) is 0. The first kappa shape index (κ1) is 11.1. The van der Waals surface area contributed by atoms with Gasteiger partial charge in [0, 0.05) is 6.54 Å². The van der Waals surface area contributed by atoms with E-state index in [9.17, 15) is 4.79 Å². The van der Waals surface area contributed by atoms with E-state index in [2.05, 4.69) is 10.1 Å². The topological polar surface area (TPSA) is 99.8 Å². The van der Waals surface area contributed by atoms with E-state index in [1.165, 1.54) is 6.33 Å². The number of carbonyl (C=O) groups is 1. The fourth-order valence-electron chi connectivity index (χ4n) is 2.40. The second kappa shape index (κ2) is 4.21. The Labute approximate surface area is 94.0 Å². The standard InChI is InChI=1S/C10H17N5O/c11-9(16)10(12)3-1-2-8(4-10)5-15-7-13-6-14-15/h6-8H,1-5,12H2,(H2,11,16). The normalized spacial score (nSPS) is 30.2. The van der Waals surface area contributed by atoms with Crippen molar-refractivity contribution < 1.29 is 4.79 Å². The minimum atomic E-state index is -0.830. The van der Waals surface area contributed by atoms with Gasteiger partial charge in [0.05, 0.1) is 5.54 Å². The van der Waals surface area contributed by atoms with Gasteiger partial charge in [-0.1, -0.05) is 6.42 Å². The number of carbonyl (C=O) groups excluding carboxylic acids is 1. The Kier molecular flexibility index (Phi) is 2.91. The third-order valence-corrected chi connectivity index (χ3v) is 3.29. The van der Waals surface area contributed by atoms with Crippen LogP contribution in [0.1, 0.15) is 25.7 Å². The molecule has 1 aliphatic carbocycles. The predicted octanol–water partition coefficient (Wildman–Crippen LogP) is -0.349. The lowest BCUT2D eigenvalue weighted by Gasteiger charge is -2.35. The van der Waals surface area contributed by atoms with Crippen molar-refractivity contribution in [1.29, 1.82) is 0 Å². The average molecular weight is 223 g/mol. The average Bonchev–Trinajstić information content (AvgIpc) is 2.70. The monoisotopic (exact) mass is 223 g/mol. The first-order valence-corrected chi connectivity index (χ1v) is 5.51. The zero-order valence-electron chi connectivity index (χ0n) is 9.17. The summed E-state index contributed by atoms with van der Waals surface area (Å²) in [5.74, 6) is -0.0382. The Morgan fingerprint density at radius 1 is 1.62 bits per heavy atom. The largest absolute Gasteiger partial charge is 0.368 e. The van der Waals surface area contributed by atoms with Crippen molar-refractivity contribution >= 4 is 5.91 Å². The van der Waals surface area contributed by atoms with Crippen molar-refractivity contribution in [2.24, 2.45) is 17.4 Å². The SMILES string of the molecule is NC(=O)C1(N)CCCC(Cn2cncn2)C1. The lowest BCUT2D eigenvalue weighted by Crippen LogP contribution is -2.55. The van der Waals surface area contributed by atoms with Crippen molar-refractivity contribution in [2.75, 3.05) is 0 Å². The summed E-state index contributed by atoms with van der Waals surface area (Å²) in [7, 11) is 0. The first-order valence-electron chi connectivity index (χ1n) is 5.51. The quantitative estimate of drug-likeness (QED) is 0.731. The molecule has 1 aliphatic rings. The highest BCUT2D eigenvalue weighted by atomic mass is 16.1. The van der Waals surface area contributed by atoms with E-state index < -0.39 is 11.4 Å². The molecule has 0 spiro atoms. The van der Waals surface area contributed by atoms with Gasteiger partial charge in [0.2, 0.25) is 5.91 Å². The van der Waals surface area contributed by atoms with Crippen LogP contribution in [0.5, 0.6) is 0 Å². The van der Waals surface area contributed by atoms with E-state index in [0.29, 0.717) is 18.8 Å². The highest BCUT2D eigenvalue weighted by Gasteiger charge is 2.37. The van der Waals surface area contributed by atoms with E-state index in [1.807, 2.05) is 0 Å². The maximum atomic E-state index is 11.3. The molecular formula is C10H17N5O. The lowest BCUT2D eigenvalue weighted by atomic mass is 9.76. The van der Waals surface area contributed by atoms with Gasteiger partial charge in [-0.05, 0) is 25.2 Å². The van der Waals surface area contributed by atoms with E-state index in [4.69, 9.17) is 11.5 Å². The van der Waals surface area contributed by atoms with Crippen molar-refractivity contribution in [3.63, 3.8) is 0 Å². The van der Waals surface area contributed by atoms with Crippen LogP contribution in [0.4, 0.5) is 0 Å². The Hall–Kier alpha value is -1.43. The number of hydrogen-bond donors (Lipinski definition) is 2. The van der Waals surface area contributed by atoms with Crippen LogP contribution in [0.25, 0.3) is 0 Å². The highest BCUT2D eigenvalue weighted by molar-refractivity contribution is 5.84. The summed E-state index contributed by atoms with van der Waals surface area (Å²) in [6.07, 6.45) is 6.52. The molecule has 2 rings (SSSR count). The third-order valence-electron chi connectivity index (χ3n) is 3.29. The molecule has 0 radical (unpaired) electrons. The summed E-state index contributed by atoms with van der Waals surface area (Å²) in [4.78, 5) is 15.2. The van der Waals surface area contributed by atoms with Crippen LogP contribution in [0.2, 0.25) is 0 Å². The van der Waals surface area contributed by atoms with Gasteiger partial charge in [-0.25, -0.2) is 4.98 Å². The molecule has 0 saturated heterocycles. The Bertz CT molecular complexity index is 363. The minimum absolute atomic E-state index is 0.355. The van der Waals surface area contributed by atoms with Crippen LogP contribution in [-0.2, 0) is 11.3 Å². The second-order valence-electron chi connectivity index (χ2n) is 4.60. The summed E-state index contributed by atoms with van der Waals surface area (Å²) in [6.45, 7) is 0.756. The number of primary amides is 1. The summed E-state index contributed by atoms with van der Waals surface area (Å²) in [5, 5.41) is 4.05. The van der Waals surface area contributed by atoms with E-state index in [1.54, 1.807) is 11.0 Å². The predicted molar refractivity (Wildman–Crippen MR) is 58.1 cm³/mol. The summed E-state index contributed by atoms with van der Waals surface area (Å²) in [5.41, 5.74) is 10.5. The first-order chi connectivity index (χ1) is 7.60. The van der Waals surface area contributed by atoms with Gasteiger partial charge in [0.25, 0.3) is 0 Å². The molecule has 0 bridgehead atoms. The molecule has 16 heavy (non-hydrogen) atoms. The number of rotatable bonds is 3. The highest BCUT2D eigenvalue weighted by Crippen LogP contribution is 2.31. The number of nitrogens with zero attached hydrogens (tertiary/aromatic N) is 3. The van der Waals surface area contributed by atoms with Gasteiger partial charge >= 0.3 is 0 Å². The van der Waals surface area contributed by atoms with Gasteiger partial charge in [0.15, 0.2) is 0 Å². The van der Waals surface area contributed by atoms with Crippen LogP contribution >= 0.6 is 0 Å². The number of amides is 1. The fourth-order valence-corrected chi connectivity index (χ4v) is 2.40. The Balaban J connectivity index is 1.99. The molecule has 1 aromatic rings. The maximum absolute atomic E-state index is 11.3. The van der Waals surface area contributed by atoms with Crippen LogP contribution in [0, 0.1) is 5.92 Å². The summed E-state index contributed by atoms with van der Waals surface area (Å²) < 4.78 is 1.78. The van der Waals surface area contributed by atoms with Gasteiger partial charge < -0.3 is 11.5 Å². The Morgan fingerprint density at radius 3 is 3.06 bits per heavy atom. The maximum Gasteiger partial charge on any atom is 0.237 e. The lowest BCUT2D eigenvalue weighted by molar-refractivity contribution is -0.124. The van der Waals surface area contributed by atoms with E-state index in [-0.39, 0.29) is 0 Å². The van der Waals surface area contributed by atoms with Crippen molar-refractivity contribution in [3.05, 3.63) is 12.7 Å². The van der Waals surface area contributed by atoms with E-state index in [0.717, 1.165) is 19.4 Å². The molecule has 6 heteroatoms. The van der Waals surface area contributed by atoms with Crippen LogP contribution in [0.3, 0.4) is 0 Å². The zero-order chi connectivity index (χ0) is 11.6. The van der Waals surface area contributed by atoms with Gasteiger partial charge in [-0.15, -0.1) is 0 Å². The third kappa shape index (κ3) is 2.21. The molecule has 6 nitrogen and oxygen atoms in total. The molecule has 1 amide bonds. The minimum Gasteiger partial charge on any atom is -0.368 e. The molecule has 2 atom stereocenters. The van der Waals surface area contributed by atoms with Crippen LogP contribution in [-0.4, -0.2) is 26.2 Å². The molecule has 88 valence electrons. The fraction of sp³-hybridized carbons (Fsp3) is 0.700. The molecule has 2 unspecified atom stereocenters. The number of aromatic nitrogens is 3. The van der Waals surface area contributed by atoms with Gasteiger partial charge in [-0.3, -0.25) is 9.48 Å². The molecule has 0 aromatic carbocycles. The molecule has 4 N–H and O–H groups in total. The molecule has 1 saturated carbocycles. The summed E-state index contributed by atoms with van der Waals surface area (Å²) >= 11 is 0. The van der Waals surface area contributed by atoms with Crippen molar-refractivity contribution in [1.82, 2.24) is 14.8 Å².